The highest BCUT2D eigenvalue weighted by Crippen LogP contribution is 2.23. The maximum Gasteiger partial charge on any atom is 0.180 e. The molecule has 1 heterocycles. The SMILES string of the molecule is COc1cc(C)ccc1C(=O)CN1CCC(C)(O)CC1. The average Bonchev–Trinajstić information content (AvgIpc) is 2.40. The van der Waals surface area contributed by atoms with Crippen molar-refractivity contribution in [2.75, 3.05) is 26.7 Å². The number of aliphatic hydroxyl groups is 1. The van der Waals surface area contributed by atoms with Gasteiger partial charge in [-0.05, 0) is 44.4 Å². The van der Waals surface area contributed by atoms with E-state index in [1.165, 1.54) is 0 Å². The van der Waals surface area contributed by atoms with Crippen LogP contribution in [0.25, 0.3) is 0 Å². The molecule has 0 spiro atoms. The van der Waals surface area contributed by atoms with Gasteiger partial charge in [-0.25, -0.2) is 0 Å². The molecule has 1 aromatic rings. The van der Waals surface area contributed by atoms with Crippen LogP contribution in [0.3, 0.4) is 0 Å². The second-order valence-corrected chi connectivity index (χ2v) is 5.90. The van der Waals surface area contributed by atoms with E-state index in [2.05, 4.69) is 4.90 Å². The van der Waals surface area contributed by atoms with E-state index in [-0.39, 0.29) is 5.78 Å². The van der Waals surface area contributed by atoms with Crippen molar-refractivity contribution in [1.82, 2.24) is 4.90 Å². The molecule has 1 saturated heterocycles. The van der Waals surface area contributed by atoms with Gasteiger partial charge >= 0.3 is 0 Å². The highest BCUT2D eigenvalue weighted by atomic mass is 16.5. The first-order chi connectivity index (χ1) is 9.41. The molecule has 0 atom stereocenters. The minimum atomic E-state index is -0.582. The number of likely N-dealkylation sites (tertiary alicyclic amines) is 1. The summed E-state index contributed by atoms with van der Waals surface area (Å²) in [5.41, 5.74) is 1.13. The summed E-state index contributed by atoms with van der Waals surface area (Å²) in [6.45, 7) is 5.73. The summed E-state index contributed by atoms with van der Waals surface area (Å²) in [5.74, 6) is 0.711. The smallest absolute Gasteiger partial charge is 0.180 e. The van der Waals surface area contributed by atoms with Crippen LogP contribution >= 0.6 is 0 Å². The Balaban J connectivity index is 2.02. The third-order valence-electron chi connectivity index (χ3n) is 3.96. The number of ether oxygens (including phenoxy) is 1. The fourth-order valence-electron chi connectivity index (χ4n) is 2.51. The summed E-state index contributed by atoms with van der Waals surface area (Å²) >= 11 is 0. The number of Topliss-reactive ketones (excluding diaryl/α,β-unsaturated/α-hetero) is 1. The number of benzene rings is 1. The lowest BCUT2D eigenvalue weighted by atomic mass is 9.93. The Morgan fingerprint density at radius 2 is 2.05 bits per heavy atom. The molecule has 4 nitrogen and oxygen atoms in total. The molecule has 1 aromatic carbocycles. The lowest BCUT2D eigenvalue weighted by molar-refractivity contribution is -0.00422. The van der Waals surface area contributed by atoms with Gasteiger partial charge in [0.05, 0.1) is 24.8 Å². The molecule has 0 aliphatic carbocycles. The number of piperidine rings is 1. The second kappa shape index (κ2) is 5.94. The Morgan fingerprint density at radius 3 is 2.65 bits per heavy atom. The Labute approximate surface area is 120 Å². The van der Waals surface area contributed by atoms with Gasteiger partial charge in [0.1, 0.15) is 5.75 Å². The maximum atomic E-state index is 12.4. The van der Waals surface area contributed by atoms with E-state index >= 15 is 0 Å². The van der Waals surface area contributed by atoms with E-state index in [9.17, 15) is 9.90 Å². The number of ketones is 1. The predicted octanol–water partition coefficient (Wildman–Crippen LogP) is 2.03. The van der Waals surface area contributed by atoms with Crippen LogP contribution < -0.4 is 4.74 Å². The van der Waals surface area contributed by atoms with Crippen LogP contribution in [-0.4, -0.2) is 48.1 Å². The molecule has 1 aliphatic heterocycles. The lowest BCUT2D eigenvalue weighted by Gasteiger charge is -2.35. The van der Waals surface area contributed by atoms with Gasteiger partial charge in [-0.2, -0.15) is 0 Å². The number of carbonyl (C=O) groups excluding carboxylic acids is 1. The van der Waals surface area contributed by atoms with Crippen molar-refractivity contribution >= 4 is 5.78 Å². The molecule has 1 aliphatic rings. The molecule has 0 saturated carbocycles. The Morgan fingerprint density at radius 1 is 1.40 bits per heavy atom. The fourth-order valence-corrected chi connectivity index (χ4v) is 2.51. The number of methoxy groups -OCH3 is 1. The molecule has 0 radical (unpaired) electrons. The molecule has 1 N–H and O–H groups in total. The second-order valence-electron chi connectivity index (χ2n) is 5.90. The average molecular weight is 277 g/mol. The first kappa shape index (κ1) is 15.0. The number of hydrogen-bond donors (Lipinski definition) is 1. The summed E-state index contributed by atoms with van der Waals surface area (Å²) in [6.07, 6.45) is 1.43. The number of aryl methyl sites for hydroxylation is 1. The monoisotopic (exact) mass is 277 g/mol. The summed E-state index contributed by atoms with van der Waals surface area (Å²) in [7, 11) is 1.59. The molecular formula is C16H23NO3. The van der Waals surface area contributed by atoms with Crippen LogP contribution in [0, 0.1) is 6.92 Å². The minimum absolute atomic E-state index is 0.0726. The van der Waals surface area contributed by atoms with Gasteiger partial charge in [0.25, 0.3) is 0 Å². The zero-order valence-electron chi connectivity index (χ0n) is 12.5. The number of carbonyl (C=O) groups is 1. The Kier molecular flexibility index (Phi) is 4.45. The molecular weight excluding hydrogens is 254 g/mol. The van der Waals surface area contributed by atoms with Crippen LogP contribution in [0.1, 0.15) is 35.7 Å². The van der Waals surface area contributed by atoms with Crippen molar-refractivity contribution in [2.24, 2.45) is 0 Å². The van der Waals surface area contributed by atoms with E-state index in [1.54, 1.807) is 7.11 Å². The van der Waals surface area contributed by atoms with E-state index in [0.29, 0.717) is 30.7 Å². The normalized spacial score (nSPS) is 18.8. The third kappa shape index (κ3) is 3.58. The molecule has 0 amide bonds. The van der Waals surface area contributed by atoms with Crippen molar-refractivity contribution in [1.29, 1.82) is 0 Å². The summed E-state index contributed by atoms with van der Waals surface area (Å²) < 4.78 is 5.29. The van der Waals surface area contributed by atoms with Crippen molar-refractivity contribution in [3.8, 4) is 5.75 Å². The molecule has 2 rings (SSSR count). The molecule has 110 valence electrons. The number of rotatable bonds is 4. The molecule has 0 unspecified atom stereocenters. The molecule has 1 fully saturated rings. The predicted molar refractivity (Wildman–Crippen MR) is 78.4 cm³/mol. The summed E-state index contributed by atoms with van der Waals surface area (Å²) in [5, 5.41) is 9.92. The van der Waals surface area contributed by atoms with E-state index in [0.717, 1.165) is 18.7 Å². The van der Waals surface area contributed by atoms with Gasteiger partial charge in [-0.1, -0.05) is 6.07 Å². The highest BCUT2D eigenvalue weighted by molar-refractivity contribution is 6.00. The van der Waals surface area contributed by atoms with Crippen LogP contribution in [0.2, 0.25) is 0 Å². The van der Waals surface area contributed by atoms with E-state index < -0.39 is 5.60 Å². The third-order valence-corrected chi connectivity index (χ3v) is 3.96. The zero-order chi connectivity index (χ0) is 14.8. The lowest BCUT2D eigenvalue weighted by Crippen LogP contribution is -2.44. The zero-order valence-corrected chi connectivity index (χ0v) is 12.5. The van der Waals surface area contributed by atoms with Crippen LogP contribution in [0.5, 0.6) is 5.75 Å². The number of hydrogen-bond acceptors (Lipinski definition) is 4. The van der Waals surface area contributed by atoms with Crippen LogP contribution in [0.4, 0.5) is 0 Å². The summed E-state index contributed by atoms with van der Waals surface area (Å²) in [6, 6.07) is 5.64. The molecule has 0 aromatic heterocycles. The number of nitrogens with zero attached hydrogens (tertiary/aromatic N) is 1. The largest absolute Gasteiger partial charge is 0.496 e. The first-order valence-electron chi connectivity index (χ1n) is 7.04. The quantitative estimate of drug-likeness (QED) is 0.856. The van der Waals surface area contributed by atoms with Gasteiger partial charge in [-0.15, -0.1) is 0 Å². The van der Waals surface area contributed by atoms with Gasteiger partial charge in [0, 0.05) is 13.1 Å². The van der Waals surface area contributed by atoms with Crippen LogP contribution in [-0.2, 0) is 0 Å². The summed E-state index contributed by atoms with van der Waals surface area (Å²) in [4.78, 5) is 14.5. The highest BCUT2D eigenvalue weighted by Gasteiger charge is 2.28. The topological polar surface area (TPSA) is 49.8 Å². The van der Waals surface area contributed by atoms with Crippen molar-refractivity contribution < 1.29 is 14.6 Å². The van der Waals surface area contributed by atoms with Crippen molar-refractivity contribution in [3.05, 3.63) is 29.3 Å². The van der Waals surface area contributed by atoms with Crippen LogP contribution in [0.15, 0.2) is 18.2 Å². The molecule has 0 bridgehead atoms. The van der Waals surface area contributed by atoms with E-state index in [4.69, 9.17) is 4.74 Å². The van der Waals surface area contributed by atoms with Gasteiger partial charge in [-0.3, -0.25) is 9.69 Å². The minimum Gasteiger partial charge on any atom is -0.496 e. The Bertz CT molecular complexity index is 486. The van der Waals surface area contributed by atoms with E-state index in [1.807, 2.05) is 32.0 Å². The standard InChI is InChI=1S/C16H23NO3/c1-12-4-5-13(15(10-12)20-3)14(18)11-17-8-6-16(2,19)7-9-17/h4-5,10,19H,6-9,11H2,1-3H3. The maximum absolute atomic E-state index is 12.4. The molecule has 20 heavy (non-hydrogen) atoms. The van der Waals surface area contributed by atoms with Gasteiger partial charge in [0.15, 0.2) is 5.78 Å². The Hall–Kier alpha value is -1.39. The van der Waals surface area contributed by atoms with Gasteiger partial charge in [0.2, 0.25) is 0 Å². The first-order valence-corrected chi connectivity index (χ1v) is 7.04. The van der Waals surface area contributed by atoms with Crippen molar-refractivity contribution in [3.63, 3.8) is 0 Å². The fraction of sp³-hybridized carbons (Fsp3) is 0.562. The van der Waals surface area contributed by atoms with Crippen molar-refractivity contribution in [2.45, 2.75) is 32.3 Å². The molecule has 4 heteroatoms. The van der Waals surface area contributed by atoms with Gasteiger partial charge < -0.3 is 9.84 Å².